The minimum Gasteiger partial charge on any atom is -0.360 e. The van der Waals surface area contributed by atoms with Crippen LogP contribution in [-0.2, 0) is 4.79 Å². The van der Waals surface area contributed by atoms with E-state index in [1.165, 1.54) is 11.8 Å². The highest BCUT2D eigenvalue weighted by molar-refractivity contribution is 8.00. The average Bonchev–Trinajstić information content (AvgIpc) is 3.08. The molecule has 0 aliphatic heterocycles. The maximum Gasteiger partial charge on any atom is 0.255 e. The van der Waals surface area contributed by atoms with Crippen LogP contribution >= 0.6 is 11.8 Å². The van der Waals surface area contributed by atoms with Crippen molar-refractivity contribution in [2.24, 2.45) is 0 Å². The van der Waals surface area contributed by atoms with Crippen LogP contribution in [0.25, 0.3) is 0 Å². The monoisotopic (exact) mass is 395 g/mol. The molecule has 0 bridgehead atoms. The van der Waals surface area contributed by atoms with Gasteiger partial charge in [0.1, 0.15) is 5.76 Å². The lowest BCUT2D eigenvalue weighted by atomic mass is 10.1. The third kappa shape index (κ3) is 5.23. The Morgan fingerprint density at radius 1 is 1.04 bits per heavy atom. The van der Waals surface area contributed by atoms with Crippen LogP contribution in [0.3, 0.4) is 0 Å². The first-order valence-electron chi connectivity index (χ1n) is 8.79. The minimum atomic E-state index is -0.315. The van der Waals surface area contributed by atoms with Crippen molar-refractivity contribution in [1.82, 2.24) is 5.16 Å². The molecule has 1 aromatic heterocycles. The Labute approximate surface area is 167 Å². The number of nitrogens with zero attached hydrogens (tertiary/aromatic N) is 1. The normalized spacial score (nSPS) is 11.7. The summed E-state index contributed by atoms with van der Waals surface area (Å²) in [6.07, 6.45) is 0. The molecular weight excluding hydrogens is 374 g/mol. The highest BCUT2D eigenvalue weighted by Crippen LogP contribution is 2.26. The van der Waals surface area contributed by atoms with Gasteiger partial charge < -0.3 is 15.2 Å². The van der Waals surface area contributed by atoms with Crippen LogP contribution in [-0.4, -0.2) is 22.2 Å². The first-order chi connectivity index (χ1) is 13.4. The van der Waals surface area contributed by atoms with Crippen molar-refractivity contribution in [1.29, 1.82) is 0 Å². The first-order valence-corrected chi connectivity index (χ1v) is 9.67. The topological polar surface area (TPSA) is 84.2 Å². The van der Waals surface area contributed by atoms with E-state index < -0.39 is 0 Å². The Balaban J connectivity index is 1.56. The van der Waals surface area contributed by atoms with Crippen LogP contribution in [0.4, 0.5) is 11.5 Å². The number of carbonyl (C=O) groups excluding carboxylic acids is 2. The maximum absolute atomic E-state index is 12.3. The van der Waals surface area contributed by atoms with Gasteiger partial charge in [-0.25, -0.2) is 0 Å². The van der Waals surface area contributed by atoms with Crippen LogP contribution in [0, 0.1) is 13.8 Å². The molecule has 3 aromatic rings. The fourth-order valence-corrected chi connectivity index (χ4v) is 3.38. The van der Waals surface area contributed by atoms with Gasteiger partial charge in [-0.15, -0.1) is 11.8 Å². The molecule has 0 aliphatic rings. The number of amides is 2. The zero-order chi connectivity index (χ0) is 20.1. The van der Waals surface area contributed by atoms with E-state index in [1.807, 2.05) is 56.3 Å². The van der Waals surface area contributed by atoms with Gasteiger partial charge in [0.25, 0.3) is 5.91 Å². The van der Waals surface area contributed by atoms with Crippen molar-refractivity contribution in [3.8, 4) is 0 Å². The second-order valence-electron chi connectivity index (χ2n) is 6.42. The largest absolute Gasteiger partial charge is 0.360 e. The van der Waals surface area contributed by atoms with Crippen molar-refractivity contribution in [3.63, 3.8) is 0 Å². The number of aryl methyl sites for hydroxylation is 2. The van der Waals surface area contributed by atoms with Crippen LogP contribution in [0.2, 0.25) is 0 Å². The molecule has 1 heterocycles. The number of nitrogens with one attached hydrogen (secondary N) is 2. The van der Waals surface area contributed by atoms with Crippen LogP contribution < -0.4 is 10.6 Å². The second-order valence-corrected chi connectivity index (χ2v) is 7.83. The Bertz CT molecular complexity index is 983. The number of hydrogen-bond acceptors (Lipinski definition) is 5. The van der Waals surface area contributed by atoms with E-state index in [4.69, 9.17) is 4.52 Å². The Hall–Kier alpha value is -3.06. The van der Waals surface area contributed by atoms with Crippen molar-refractivity contribution < 1.29 is 14.1 Å². The number of rotatable bonds is 6. The zero-order valence-corrected chi connectivity index (χ0v) is 16.7. The molecule has 0 saturated heterocycles. The van der Waals surface area contributed by atoms with E-state index in [9.17, 15) is 9.59 Å². The standard InChI is InChI=1S/C21H21N3O3S/c1-13-5-4-6-16(11-13)21(26)22-17-7-9-18(10-8-17)28-15(3)20(25)23-19-12-14(2)27-24-19/h4-12,15H,1-3H3,(H,22,26)(H,23,24,25). The van der Waals surface area contributed by atoms with Crippen LogP contribution in [0.15, 0.2) is 64.0 Å². The molecule has 28 heavy (non-hydrogen) atoms. The lowest BCUT2D eigenvalue weighted by Crippen LogP contribution is -2.22. The molecule has 2 amide bonds. The number of thioether (sulfide) groups is 1. The summed E-state index contributed by atoms with van der Waals surface area (Å²) in [6.45, 7) is 5.53. The quantitative estimate of drug-likeness (QED) is 0.593. The molecule has 144 valence electrons. The van der Waals surface area contributed by atoms with Gasteiger partial charge >= 0.3 is 0 Å². The molecule has 1 atom stereocenters. The SMILES string of the molecule is Cc1cccc(C(=O)Nc2ccc(SC(C)C(=O)Nc3cc(C)on3)cc2)c1. The lowest BCUT2D eigenvalue weighted by molar-refractivity contribution is -0.115. The molecule has 0 fully saturated rings. The number of benzene rings is 2. The summed E-state index contributed by atoms with van der Waals surface area (Å²) in [6, 6.07) is 16.5. The van der Waals surface area contributed by atoms with Gasteiger partial charge in [-0.1, -0.05) is 22.9 Å². The summed E-state index contributed by atoms with van der Waals surface area (Å²) in [7, 11) is 0. The van der Waals surface area contributed by atoms with Gasteiger partial charge in [0, 0.05) is 22.2 Å². The van der Waals surface area contributed by atoms with Gasteiger partial charge in [0.15, 0.2) is 5.82 Å². The van der Waals surface area contributed by atoms with E-state index in [-0.39, 0.29) is 17.1 Å². The van der Waals surface area contributed by atoms with Crippen LogP contribution in [0.5, 0.6) is 0 Å². The number of carbonyl (C=O) groups is 2. The molecule has 3 rings (SSSR count). The molecule has 7 heteroatoms. The summed E-state index contributed by atoms with van der Waals surface area (Å²) in [5.74, 6) is 0.734. The summed E-state index contributed by atoms with van der Waals surface area (Å²) in [5, 5.41) is 9.04. The summed E-state index contributed by atoms with van der Waals surface area (Å²) in [4.78, 5) is 25.5. The van der Waals surface area contributed by atoms with E-state index in [2.05, 4.69) is 15.8 Å². The van der Waals surface area contributed by atoms with Gasteiger partial charge in [-0.3, -0.25) is 9.59 Å². The van der Waals surface area contributed by atoms with Crippen LogP contribution in [0.1, 0.15) is 28.6 Å². The smallest absolute Gasteiger partial charge is 0.255 e. The average molecular weight is 395 g/mol. The Morgan fingerprint density at radius 2 is 1.79 bits per heavy atom. The predicted molar refractivity (Wildman–Crippen MR) is 111 cm³/mol. The molecule has 2 aromatic carbocycles. The van der Waals surface area contributed by atoms with E-state index in [1.54, 1.807) is 19.1 Å². The predicted octanol–water partition coefficient (Wildman–Crippen LogP) is 4.66. The summed E-state index contributed by atoms with van der Waals surface area (Å²) in [5.41, 5.74) is 2.35. The van der Waals surface area contributed by atoms with Gasteiger partial charge in [0.2, 0.25) is 5.91 Å². The maximum atomic E-state index is 12.3. The van der Waals surface area contributed by atoms with E-state index in [0.717, 1.165) is 10.5 Å². The molecule has 0 spiro atoms. The van der Waals surface area contributed by atoms with Gasteiger partial charge in [-0.2, -0.15) is 0 Å². The van der Waals surface area contributed by atoms with Crippen molar-refractivity contribution in [2.45, 2.75) is 30.9 Å². The Kier molecular flexibility index (Phi) is 6.16. The molecule has 6 nitrogen and oxygen atoms in total. The van der Waals surface area contributed by atoms with Gasteiger partial charge in [-0.05, 0) is 57.2 Å². The fourth-order valence-electron chi connectivity index (χ4n) is 2.52. The third-order valence-electron chi connectivity index (χ3n) is 3.95. The van der Waals surface area contributed by atoms with Crippen molar-refractivity contribution >= 4 is 35.1 Å². The molecule has 0 aliphatic carbocycles. The fraction of sp³-hybridized carbons (Fsp3) is 0.190. The second kappa shape index (κ2) is 8.75. The first kappa shape index (κ1) is 19.7. The minimum absolute atomic E-state index is 0.153. The number of aromatic nitrogens is 1. The lowest BCUT2D eigenvalue weighted by Gasteiger charge is -2.11. The van der Waals surface area contributed by atoms with Gasteiger partial charge in [0.05, 0.1) is 5.25 Å². The molecule has 0 saturated carbocycles. The highest BCUT2D eigenvalue weighted by Gasteiger charge is 2.16. The van der Waals surface area contributed by atoms with E-state index >= 15 is 0 Å². The number of anilines is 2. The zero-order valence-electron chi connectivity index (χ0n) is 15.9. The van der Waals surface area contributed by atoms with Crippen molar-refractivity contribution in [2.75, 3.05) is 10.6 Å². The third-order valence-corrected chi connectivity index (χ3v) is 5.07. The number of hydrogen-bond donors (Lipinski definition) is 2. The van der Waals surface area contributed by atoms with Crippen molar-refractivity contribution in [3.05, 3.63) is 71.5 Å². The molecular formula is C21H21N3O3S. The molecule has 2 N–H and O–H groups in total. The molecule has 1 unspecified atom stereocenters. The van der Waals surface area contributed by atoms with E-state index in [0.29, 0.717) is 22.8 Å². The Morgan fingerprint density at radius 3 is 2.43 bits per heavy atom. The molecule has 0 radical (unpaired) electrons. The summed E-state index contributed by atoms with van der Waals surface area (Å²) < 4.78 is 4.94. The summed E-state index contributed by atoms with van der Waals surface area (Å²) >= 11 is 1.42. The highest BCUT2D eigenvalue weighted by atomic mass is 32.2.